The average Bonchev–Trinajstić information content (AvgIpc) is 2.33. The molecule has 1 aromatic carbocycles. The number of hydrogen-bond acceptors (Lipinski definition) is 0. The van der Waals surface area contributed by atoms with Gasteiger partial charge in [0, 0.05) is 0 Å². The largest absolute Gasteiger partial charge is 2.00 e. The Kier molecular flexibility index (Phi) is 7.95. The maximum atomic E-state index is 13.2. The summed E-state index contributed by atoms with van der Waals surface area (Å²) in [6.45, 7) is 3.99. The van der Waals surface area contributed by atoms with Crippen LogP contribution in [0.5, 0.6) is 0 Å². The van der Waals surface area contributed by atoms with Gasteiger partial charge in [0.05, 0.1) is 0 Å². The molecule has 96 valence electrons. The van der Waals surface area contributed by atoms with Crippen LogP contribution < -0.4 is 17.0 Å². The fourth-order valence-corrected chi connectivity index (χ4v) is 2.74. The third-order valence-electron chi connectivity index (χ3n) is 3.82. The molecule has 1 aliphatic rings. The van der Waals surface area contributed by atoms with Crippen molar-refractivity contribution in [3.8, 4) is 0 Å². The van der Waals surface area contributed by atoms with Crippen LogP contribution in [0.15, 0.2) is 18.2 Å². The Morgan fingerprint density at radius 2 is 1.67 bits per heavy atom. The van der Waals surface area contributed by atoms with Crippen molar-refractivity contribution >= 4 is 23.1 Å². The van der Waals surface area contributed by atoms with Crippen molar-refractivity contribution in [1.29, 1.82) is 0 Å². The molecule has 0 radical (unpaired) electrons. The maximum absolute atomic E-state index is 13.2. The van der Waals surface area contributed by atoms with E-state index in [4.69, 9.17) is 0 Å². The van der Waals surface area contributed by atoms with E-state index in [0.717, 1.165) is 37.7 Å². The first-order valence-electron chi connectivity index (χ1n) is 5.93. The summed E-state index contributed by atoms with van der Waals surface area (Å²) < 4.78 is 26.1. The Morgan fingerprint density at radius 1 is 1.06 bits per heavy atom. The predicted molar refractivity (Wildman–Crippen MR) is 66.8 cm³/mol. The second kappa shape index (κ2) is 7.80. The quantitative estimate of drug-likeness (QED) is 0.562. The minimum absolute atomic E-state index is 0. The molecule has 1 aliphatic carbocycles. The number of halogens is 3. The Balaban J connectivity index is 0.00000144. The fourth-order valence-electron chi connectivity index (χ4n) is 2.74. The zero-order valence-electron chi connectivity index (χ0n) is 10.5. The van der Waals surface area contributed by atoms with Crippen molar-refractivity contribution in [3.63, 3.8) is 0 Å². The third-order valence-corrected chi connectivity index (χ3v) is 3.82. The zero-order chi connectivity index (χ0) is 11.6. The van der Waals surface area contributed by atoms with Gasteiger partial charge in [-0.1, -0.05) is 25.3 Å². The molecule has 1 saturated carbocycles. The van der Waals surface area contributed by atoms with E-state index in [1.165, 1.54) is 18.6 Å². The Bertz CT molecular complexity index is 376. The third kappa shape index (κ3) is 3.67. The van der Waals surface area contributed by atoms with Crippen LogP contribution in [-0.2, 0) is 5.41 Å². The van der Waals surface area contributed by atoms with E-state index >= 15 is 0 Å². The first-order chi connectivity index (χ1) is 7.68. The van der Waals surface area contributed by atoms with Gasteiger partial charge in [-0.25, -0.2) is 8.78 Å². The van der Waals surface area contributed by atoms with Crippen molar-refractivity contribution < 1.29 is 25.8 Å². The minimum Gasteiger partial charge on any atom is -1.00 e. The molecule has 0 heterocycles. The van der Waals surface area contributed by atoms with E-state index < -0.39 is 11.6 Å². The van der Waals surface area contributed by atoms with Crippen LogP contribution in [0.2, 0.25) is 0 Å². The first-order valence-corrected chi connectivity index (χ1v) is 5.93. The van der Waals surface area contributed by atoms with Gasteiger partial charge in [-0.05, 0) is 36.0 Å². The molecule has 1 fully saturated rings. The monoisotopic (exact) mass is 326 g/mol. The molecular weight excluding hydrogens is 310 g/mol. The topological polar surface area (TPSA) is 0 Å². The molecule has 1 aromatic rings. The standard InChI is InChI=1S/C14H17F2.BrH.Mg/c1-2-14(8-4-3-5-9-14)11-6-7-12(15)13(16)10-11;;/h6-7,10H,1-5,8-9H2;1H;/q-1;;+2/p-1. The number of rotatable bonds is 2. The van der Waals surface area contributed by atoms with Crippen LogP contribution >= 0.6 is 0 Å². The smallest absolute Gasteiger partial charge is 1.00 e. The van der Waals surface area contributed by atoms with E-state index in [-0.39, 0.29) is 45.4 Å². The summed E-state index contributed by atoms with van der Waals surface area (Å²) in [7, 11) is 0. The van der Waals surface area contributed by atoms with Gasteiger partial charge in [-0.3, -0.25) is 0 Å². The molecule has 0 saturated heterocycles. The fraction of sp³-hybridized carbons (Fsp3) is 0.500. The van der Waals surface area contributed by atoms with Crippen LogP contribution in [0.1, 0.15) is 44.1 Å². The molecule has 0 unspecified atom stereocenters. The Hall–Kier alpha value is 0.326. The average molecular weight is 327 g/mol. The Morgan fingerprint density at radius 3 is 2.17 bits per heavy atom. The van der Waals surface area contributed by atoms with Gasteiger partial charge in [-0.15, -0.1) is 0 Å². The van der Waals surface area contributed by atoms with Gasteiger partial charge in [0.2, 0.25) is 0 Å². The normalized spacial score (nSPS) is 17.5. The number of benzene rings is 1. The summed E-state index contributed by atoms with van der Waals surface area (Å²) in [6.07, 6.45) is 6.41. The summed E-state index contributed by atoms with van der Waals surface area (Å²) >= 11 is 0. The first kappa shape index (κ1) is 18.3. The maximum Gasteiger partial charge on any atom is 2.00 e. The molecule has 0 aliphatic heterocycles. The van der Waals surface area contributed by atoms with Gasteiger partial charge in [-0.2, -0.15) is 6.42 Å². The van der Waals surface area contributed by atoms with Crippen molar-refractivity contribution in [2.24, 2.45) is 0 Å². The van der Waals surface area contributed by atoms with Gasteiger partial charge in [0.1, 0.15) is 0 Å². The molecule has 0 aromatic heterocycles. The van der Waals surface area contributed by atoms with E-state index in [9.17, 15) is 8.78 Å². The van der Waals surface area contributed by atoms with E-state index in [1.807, 2.05) is 0 Å². The van der Waals surface area contributed by atoms with Crippen molar-refractivity contribution in [1.82, 2.24) is 0 Å². The van der Waals surface area contributed by atoms with Gasteiger partial charge in [0.15, 0.2) is 11.6 Å². The predicted octanol–water partition coefficient (Wildman–Crippen LogP) is 1.01. The molecule has 2 rings (SSSR count). The van der Waals surface area contributed by atoms with Gasteiger partial charge in [0.25, 0.3) is 0 Å². The molecule has 0 atom stereocenters. The summed E-state index contributed by atoms with van der Waals surface area (Å²) in [4.78, 5) is 0. The minimum atomic E-state index is -0.765. The zero-order valence-corrected chi connectivity index (χ0v) is 13.5. The summed E-state index contributed by atoms with van der Waals surface area (Å²) in [6, 6.07) is 4.30. The van der Waals surface area contributed by atoms with Crippen LogP contribution in [0.25, 0.3) is 0 Å². The summed E-state index contributed by atoms with van der Waals surface area (Å²) in [5.41, 5.74) is 0.897. The van der Waals surface area contributed by atoms with Gasteiger partial charge < -0.3 is 23.9 Å². The van der Waals surface area contributed by atoms with Crippen LogP contribution in [0, 0.1) is 18.6 Å². The van der Waals surface area contributed by atoms with Crippen molar-refractivity contribution in [2.45, 2.75) is 43.9 Å². The summed E-state index contributed by atoms with van der Waals surface area (Å²) in [5.74, 6) is -1.50. The second-order valence-electron chi connectivity index (χ2n) is 4.72. The van der Waals surface area contributed by atoms with Crippen LogP contribution in [-0.4, -0.2) is 23.1 Å². The van der Waals surface area contributed by atoms with Crippen LogP contribution in [0.4, 0.5) is 8.78 Å². The van der Waals surface area contributed by atoms with E-state index in [0.29, 0.717) is 0 Å². The van der Waals surface area contributed by atoms with Crippen LogP contribution in [0.3, 0.4) is 0 Å². The summed E-state index contributed by atoms with van der Waals surface area (Å²) in [5, 5.41) is 0. The molecule has 0 amide bonds. The molecule has 4 heteroatoms. The molecule has 18 heavy (non-hydrogen) atoms. The van der Waals surface area contributed by atoms with E-state index in [2.05, 4.69) is 6.92 Å². The Labute approximate surface area is 134 Å². The molecule has 0 bridgehead atoms. The van der Waals surface area contributed by atoms with Crippen molar-refractivity contribution in [3.05, 3.63) is 42.3 Å². The van der Waals surface area contributed by atoms with Crippen molar-refractivity contribution in [2.75, 3.05) is 0 Å². The second-order valence-corrected chi connectivity index (χ2v) is 4.72. The molecular formula is C14H17BrF2Mg. The molecule has 0 spiro atoms. The SMILES string of the molecule is [Br-].[CH2-]CC1(c2ccc(F)c(F)c2)CCCCC1.[Mg+2]. The molecule has 0 nitrogen and oxygen atoms in total. The van der Waals surface area contributed by atoms with Gasteiger partial charge >= 0.3 is 23.1 Å². The molecule has 0 N–H and O–H groups in total. The van der Waals surface area contributed by atoms with E-state index in [1.54, 1.807) is 6.07 Å². The number of hydrogen-bond donors (Lipinski definition) is 0.